The van der Waals surface area contributed by atoms with Crippen molar-refractivity contribution >= 4 is 0 Å². The molecular weight excluding hydrogens is 480 g/mol. The fourth-order valence-electron chi connectivity index (χ4n) is 4.56. The molecule has 1 nitrogen and oxygen atoms in total. The van der Waals surface area contributed by atoms with Crippen LogP contribution >= 0.6 is 0 Å². The van der Waals surface area contributed by atoms with Gasteiger partial charge in [-0.2, -0.15) is 17.6 Å². The third-order valence-electron chi connectivity index (χ3n) is 6.67. The highest BCUT2D eigenvalue weighted by Crippen LogP contribution is 2.43. The van der Waals surface area contributed by atoms with Gasteiger partial charge in [-0.1, -0.05) is 56.9 Å². The van der Waals surface area contributed by atoms with Crippen LogP contribution in [0, 0.1) is 17.6 Å². The lowest BCUT2D eigenvalue weighted by Crippen LogP contribution is -2.50. The summed E-state index contributed by atoms with van der Waals surface area (Å²) in [5.74, 6) is -10.1. The van der Waals surface area contributed by atoms with Gasteiger partial charge in [0.05, 0.1) is 0 Å². The summed E-state index contributed by atoms with van der Waals surface area (Å²) in [6.45, 7) is 2.18. The highest BCUT2D eigenvalue weighted by Gasteiger charge is 2.66. The number of benzene rings is 2. The lowest BCUT2D eigenvalue weighted by atomic mass is 9.77. The van der Waals surface area contributed by atoms with E-state index in [2.05, 4.69) is 11.7 Å². The van der Waals surface area contributed by atoms with Gasteiger partial charge in [-0.25, -0.2) is 17.6 Å². The maximum atomic E-state index is 14.3. The van der Waals surface area contributed by atoms with E-state index in [9.17, 15) is 35.1 Å². The molecule has 1 fully saturated rings. The Morgan fingerprint density at radius 3 is 1.94 bits per heavy atom. The van der Waals surface area contributed by atoms with E-state index in [1.807, 2.05) is 12.1 Å². The van der Waals surface area contributed by atoms with E-state index in [0.29, 0.717) is 23.6 Å². The monoisotopic (exact) mass is 508 g/mol. The SMILES string of the molecule is CCCCCC1CCC(c2ccc(-c3cc(F)c(OC(F)(F)C(F)(F)C(F)F)c(F)c3)cc2)CC1. The Bertz CT molecular complexity index is 943. The molecule has 0 N–H and O–H groups in total. The van der Waals surface area contributed by atoms with E-state index in [1.165, 1.54) is 25.7 Å². The molecule has 9 heteroatoms. The van der Waals surface area contributed by atoms with Crippen molar-refractivity contribution in [2.45, 2.75) is 82.7 Å². The van der Waals surface area contributed by atoms with Crippen molar-refractivity contribution in [3.05, 3.63) is 53.6 Å². The van der Waals surface area contributed by atoms with Crippen LogP contribution in [0.4, 0.5) is 35.1 Å². The number of unbranched alkanes of at least 4 members (excludes halogenated alkanes) is 2. The summed E-state index contributed by atoms with van der Waals surface area (Å²) in [5.41, 5.74) is 1.43. The number of halogens is 8. The molecule has 1 saturated carbocycles. The number of hydrogen-bond donors (Lipinski definition) is 0. The van der Waals surface area contributed by atoms with Gasteiger partial charge >= 0.3 is 18.5 Å². The summed E-state index contributed by atoms with van der Waals surface area (Å²) >= 11 is 0. The first kappa shape index (κ1) is 27.3. The third kappa shape index (κ3) is 6.28. The lowest BCUT2D eigenvalue weighted by molar-refractivity contribution is -0.343. The third-order valence-corrected chi connectivity index (χ3v) is 6.67. The van der Waals surface area contributed by atoms with E-state index in [4.69, 9.17) is 0 Å². The Kier molecular flexibility index (Phi) is 8.70. The highest BCUT2D eigenvalue weighted by molar-refractivity contribution is 5.65. The number of hydrogen-bond acceptors (Lipinski definition) is 1. The zero-order chi connectivity index (χ0) is 25.8. The van der Waals surface area contributed by atoms with Gasteiger partial charge < -0.3 is 4.74 Å². The maximum Gasteiger partial charge on any atom is 0.470 e. The first-order valence-corrected chi connectivity index (χ1v) is 11.8. The van der Waals surface area contributed by atoms with Gasteiger partial charge in [0.25, 0.3) is 0 Å². The van der Waals surface area contributed by atoms with Crippen LogP contribution in [-0.4, -0.2) is 18.5 Å². The fourth-order valence-corrected chi connectivity index (χ4v) is 4.56. The van der Waals surface area contributed by atoms with Crippen LogP contribution in [0.3, 0.4) is 0 Å². The van der Waals surface area contributed by atoms with Crippen molar-refractivity contribution in [2.24, 2.45) is 5.92 Å². The van der Waals surface area contributed by atoms with E-state index in [-0.39, 0.29) is 5.56 Å². The second-order valence-corrected chi connectivity index (χ2v) is 9.15. The predicted molar refractivity (Wildman–Crippen MR) is 117 cm³/mol. The van der Waals surface area contributed by atoms with Gasteiger partial charge in [0.15, 0.2) is 17.4 Å². The molecule has 0 saturated heterocycles. The van der Waals surface area contributed by atoms with Gasteiger partial charge in [-0.15, -0.1) is 0 Å². The first-order chi connectivity index (χ1) is 16.5. The second-order valence-electron chi connectivity index (χ2n) is 9.15. The summed E-state index contributed by atoms with van der Waals surface area (Å²) in [6.07, 6.45) is -1.23. The topological polar surface area (TPSA) is 9.23 Å². The van der Waals surface area contributed by atoms with E-state index in [1.54, 1.807) is 12.1 Å². The van der Waals surface area contributed by atoms with Crippen LogP contribution in [0.2, 0.25) is 0 Å². The average molecular weight is 508 g/mol. The summed E-state index contributed by atoms with van der Waals surface area (Å²) in [6, 6.07) is 8.22. The van der Waals surface area contributed by atoms with Crippen LogP contribution < -0.4 is 4.74 Å². The highest BCUT2D eigenvalue weighted by atomic mass is 19.3. The van der Waals surface area contributed by atoms with Crippen molar-refractivity contribution in [1.29, 1.82) is 0 Å². The number of rotatable bonds is 10. The van der Waals surface area contributed by atoms with Gasteiger partial charge in [0.1, 0.15) is 0 Å². The van der Waals surface area contributed by atoms with Crippen LogP contribution in [0.5, 0.6) is 5.75 Å². The van der Waals surface area contributed by atoms with Crippen LogP contribution in [0.1, 0.15) is 69.8 Å². The number of ether oxygens (including phenoxy) is 1. The normalized spacial score (nSPS) is 19.3. The van der Waals surface area contributed by atoms with Crippen molar-refractivity contribution in [1.82, 2.24) is 0 Å². The molecule has 1 aliphatic carbocycles. The fraction of sp³-hybridized carbons (Fsp3) is 0.538. The molecule has 0 atom stereocenters. The van der Waals surface area contributed by atoms with Gasteiger partial charge in [0.2, 0.25) is 0 Å². The maximum absolute atomic E-state index is 14.3. The lowest BCUT2D eigenvalue weighted by Gasteiger charge is -2.29. The minimum Gasteiger partial charge on any atom is -0.422 e. The summed E-state index contributed by atoms with van der Waals surface area (Å²) < 4.78 is 109. The summed E-state index contributed by atoms with van der Waals surface area (Å²) in [7, 11) is 0. The van der Waals surface area contributed by atoms with E-state index >= 15 is 0 Å². The van der Waals surface area contributed by atoms with E-state index in [0.717, 1.165) is 37.2 Å². The van der Waals surface area contributed by atoms with Gasteiger partial charge in [0, 0.05) is 0 Å². The molecule has 0 spiro atoms. The molecule has 0 bridgehead atoms. The predicted octanol–water partition coefficient (Wildman–Crippen LogP) is 9.36. The molecule has 194 valence electrons. The molecule has 3 rings (SSSR count). The Hall–Kier alpha value is -2.32. The molecule has 35 heavy (non-hydrogen) atoms. The van der Waals surface area contributed by atoms with Crippen LogP contribution in [0.25, 0.3) is 11.1 Å². The molecular formula is C26H28F8O. The molecule has 2 aromatic carbocycles. The minimum atomic E-state index is -5.94. The minimum absolute atomic E-state index is 0.0394. The van der Waals surface area contributed by atoms with Crippen LogP contribution in [-0.2, 0) is 0 Å². The van der Waals surface area contributed by atoms with Crippen molar-refractivity contribution < 1.29 is 39.9 Å². The zero-order valence-electron chi connectivity index (χ0n) is 19.3. The molecule has 0 amide bonds. The molecule has 0 heterocycles. The van der Waals surface area contributed by atoms with E-state index < -0.39 is 35.8 Å². The van der Waals surface area contributed by atoms with Crippen molar-refractivity contribution in [3.63, 3.8) is 0 Å². The van der Waals surface area contributed by atoms with Crippen molar-refractivity contribution in [2.75, 3.05) is 0 Å². The summed E-state index contributed by atoms with van der Waals surface area (Å²) in [4.78, 5) is 0. The molecule has 1 aliphatic rings. The second kappa shape index (κ2) is 11.2. The Morgan fingerprint density at radius 1 is 0.857 bits per heavy atom. The smallest absolute Gasteiger partial charge is 0.422 e. The van der Waals surface area contributed by atoms with Crippen LogP contribution in [0.15, 0.2) is 36.4 Å². The average Bonchev–Trinajstić information content (AvgIpc) is 2.82. The Labute approximate surface area is 199 Å². The van der Waals surface area contributed by atoms with Gasteiger partial charge in [-0.05, 0) is 66.3 Å². The molecule has 0 radical (unpaired) electrons. The molecule has 0 aliphatic heterocycles. The quantitative estimate of drug-likeness (QED) is 0.230. The Morgan fingerprint density at radius 2 is 1.43 bits per heavy atom. The zero-order valence-corrected chi connectivity index (χ0v) is 19.3. The Balaban J connectivity index is 1.69. The van der Waals surface area contributed by atoms with Gasteiger partial charge in [-0.3, -0.25) is 0 Å². The number of alkyl halides is 6. The molecule has 0 aromatic heterocycles. The molecule has 2 aromatic rings. The molecule has 0 unspecified atom stereocenters. The van der Waals surface area contributed by atoms with Crippen molar-refractivity contribution in [3.8, 4) is 16.9 Å². The standard InChI is InChI=1S/C26H28F8O/c1-2-3-4-5-16-6-8-17(9-7-16)18-10-12-19(13-11-18)20-14-21(27)23(22(28)15-20)35-26(33,34)25(31,32)24(29)30/h10-17,24H,2-9H2,1H3. The largest absolute Gasteiger partial charge is 0.470 e. The first-order valence-electron chi connectivity index (χ1n) is 11.8. The summed E-state index contributed by atoms with van der Waals surface area (Å²) in [5, 5.41) is 0.